The second kappa shape index (κ2) is 34.6. The van der Waals surface area contributed by atoms with Crippen LogP contribution in [-0.4, -0.2) is 93.0 Å². The number of hydrogen-bond acceptors (Lipinski definition) is 9. The molecule has 6 aliphatic heterocycles. The first kappa shape index (κ1) is 80.1. The van der Waals surface area contributed by atoms with Crippen LogP contribution in [0.2, 0.25) is 0 Å². The van der Waals surface area contributed by atoms with Crippen molar-refractivity contribution in [2.75, 3.05) is 0 Å². The minimum absolute atomic E-state index is 0.0575. The van der Waals surface area contributed by atoms with Crippen molar-refractivity contribution in [3.63, 3.8) is 0 Å². The van der Waals surface area contributed by atoms with E-state index in [4.69, 9.17) is 29.9 Å². The second-order valence-electron chi connectivity index (χ2n) is 32.2. The van der Waals surface area contributed by atoms with Crippen LogP contribution >= 0.6 is 0 Å². The molecule has 3 unspecified atom stereocenters. The van der Waals surface area contributed by atoms with E-state index >= 15 is 0 Å². The molecule has 15 heterocycles. The summed E-state index contributed by atoms with van der Waals surface area (Å²) in [5, 5.41) is 30.5. The molecule has 3 aromatic carbocycles. The van der Waals surface area contributed by atoms with Crippen molar-refractivity contribution in [1.29, 1.82) is 0 Å². The van der Waals surface area contributed by atoms with E-state index in [9.17, 15) is 29.7 Å². The summed E-state index contributed by atoms with van der Waals surface area (Å²) in [5.74, 6) is 12.4. The highest BCUT2D eigenvalue weighted by atomic mass is 16.4. The summed E-state index contributed by atoms with van der Waals surface area (Å²) in [6.45, 7) is 13.4. The molecule has 612 valence electrons. The fourth-order valence-corrected chi connectivity index (χ4v) is 17.9. The van der Waals surface area contributed by atoms with Gasteiger partial charge < -0.3 is 45.2 Å². The van der Waals surface area contributed by atoms with Gasteiger partial charge in [0, 0.05) is 77.5 Å². The number of carboxylic acids is 3. The van der Waals surface area contributed by atoms with E-state index in [1.54, 1.807) is 36.4 Å². The minimum atomic E-state index is -1.06. The minimum Gasteiger partial charge on any atom is -0.478 e. The third kappa shape index (κ3) is 15.9. The predicted molar refractivity (Wildman–Crippen MR) is 503 cm³/mol. The van der Waals surface area contributed by atoms with Crippen molar-refractivity contribution >= 4 is 157 Å². The Morgan fingerprint density at radius 1 is 0.282 bits per heavy atom. The molecule has 18 heteroatoms. The molecule has 18 rings (SSSR count). The molecule has 0 aliphatic carbocycles. The fourth-order valence-electron chi connectivity index (χ4n) is 17.9. The van der Waals surface area contributed by atoms with Crippen molar-refractivity contribution in [3.05, 3.63) is 282 Å². The maximum atomic E-state index is 12.7. The number of fused-ring (bicyclic) bond motifs is 24. The Morgan fingerprint density at radius 2 is 0.532 bits per heavy atom. The van der Waals surface area contributed by atoms with Gasteiger partial charge >= 0.3 is 17.9 Å². The van der Waals surface area contributed by atoms with Gasteiger partial charge in [-0.2, -0.15) is 0 Å². The zero-order valence-corrected chi connectivity index (χ0v) is 69.9. The average molecular weight is 1630 g/mol. The van der Waals surface area contributed by atoms with E-state index in [-0.39, 0.29) is 34.4 Å². The van der Waals surface area contributed by atoms with E-state index in [2.05, 4.69) is 168 Å². The van der Waals surface area contributed by atoms with E-state index < -0.39 is 17.9 Å². The average Bonchev–Trinajstić information content (AvgIpc) is 1.63. The van der Waals surface area contributed by atoms with E-state index in [0.29, 0.717) is 89.8 Å². The van der Waals surface area contributed by atoms with Gasteiger partial charge in [0.05, 0.1) is 129 Å². The number of hydrogen-bond donors (Lipinski definition) is 9. The molecular weight excluding hydrogens is 1540 g/mol. The number of rotatable bonds is 21. The molecule has 3 atom stereocenters. The smallest absolute Gasteiger partial charge is 0.335 e. The van der Waals surface area contributed by atoms with Crippen molar-refractivity contribution in [2.45, 2.75) is 136 Å². The van der Waals surface area contributed by atoms with Crippen molar-refractivity contribution in [1.82, 2.24) is 59.8 Å². The summed E-state index contributed by atoms with van der Waals surface area (Å²) in [4.78, 5) is 93.2. The van der Waals surface area contributed by atoms with Gasteiger partial charge in [-0.1, -0.05) is 140 Å². The van der Waals surface area contributed by atoms with Crippen LogP contribution in [0, 0.1) is 23.7 Å². The highest BCUT2D eigenvalue weighted by Gasteiger charge is 2.26. The van der Waals surface area contributed by atoms with Crippen molar-refractivity contribution < 1.29 is 29.7 Å². The van der Waals surface area contributed by atoms with Crippen LogP contribution in [0.3, 0.4) is 0 Å². The predicted octanol–water partition coefficient (Wildman–Crippen LogP) is 25.5. The van der Waals surface area contributed by atoms with Gasteiger partial charge in [0.2, 0.25) is 0 Å². The van der Waals surface area contributed by atoms with Crippen LogP contribution in [-0.2, 0) is 0 Å². The first-order chi connectivity index (χ1) is 60.6. The number of benzene rings is 3. The molecule has 9 aromatic heterocycles. The number of aromatic carboxylic acids is 3. The van der Waals surface area contributed by atoms with Crippen LogP contribution in [0.4, 0.5) is 0 Å². The maximum Gasteiger partial charge on any atom is 0.335 e. The molecule has 0 fully saturated rings. The molecule has 0 saturated carbocycles. The number of H-pyrrole nitrogens is 6. The van der Waals surface area contributed by atoms with Gasteiger partial charge in [-0.25, -0.2) is 44.3 Å². The summed E-state index contributed by atoms with van der Waals surface area (Å²) in [7, 11) is 0. The number of nitrogens with one attached hydrogen (secondary N) is 6. The third-order valence-corrected chi connectivity index (χ3v) is 24.3. The van der Waals surface area contributed by atoms with Crippen LogP contribution < -0.4 is 0 Å². The second-order valence-corrected chi connectivity index (χ2v) is 32.2. The Bertz CT molecular complexity index is 6970. The summed E-state index contributed by atoms with van der Waals surface area (Å²) >= 11 is 0. The van der Waals surface area contributed by atoms with Crippen LogP contribution in [0.15, 0.2) is 158 Å². The molecule has 6 aliphatic rings. The highest BCUT2D eigenvalue weighted by Crippen LogP contribution is 2.42. The van der Waals surface area contributed by atoms with Crippen LogP contribution in [0.5, 0.6) is 0 Å². The third-order valence-electron chi connectivity index (χ3n) is 24.3. The molecule has 124 heavy (non-hydrogen) atoms. The summed E-state index contributed by atoms with van der Waals surface area (Å²) < 4.78 is 0. The lowest BCUT2D eigenvalue weighted by atomic mass is 9.90. The molecule has 18 nitrogen and oxygen atoms in total. The lowest BCUT2D eigenvalue weighted by molar-refractivity contribution is 0.0686. The number of aromatic nitrogens is 12. The van der Waals surface area contributed by atoms with Gasteiger partial charge in [0.1, 0.15) is 0 Å². The van der Waals surface area contributed by atoms with Crippen molar-refractivity contribution in [2.24, 2.45) is 0 Å². The Hall–Kier alpha value is -15.0. The molecular formula is C106H92N12O6. The Balaban J connectivity index is 0.907. The van der Waals surface area contributed by atoms with Crippen LogP contribution in [0.1, 0.15) is 275 Å². The van der Waals surface area contributed by atoms with Crippen LogP contribution in [0.25, 0.3) is 172 Å². The Kier molecular flexibility index (Phi) is 22.3. The number of carbonyl (C=O) groups is 3. The molecule has 0 radical (unpaired) electrons. The van der Waals surface area contributed by atoms with E-state index in [1.165, 1.54) is 0 Å². The first-order valence-corrected chi connectivity index (χ1v) is 43.1. The summed E-state index contributed by atoms with van der Waals surface area (Å²) in [6.07, 6.45) is 36.1. The lowest BCUT2D eigenvalue weighted by Gasteiger charge is -2.16. The van der Waals surface area contributed by atoms with Gasteiger partial charge in [-0.3, -0.25) is 0 Å². The number of nitrogens with zero attached hydrogens (tertiary/aromatic N) is 6. The molecule has 0 spiro atoms. The van der Waals surface area contributed by atoms with E-state index in [1.807, 2.05) is 121 Å². The largest absolute Gasteiger partial charge is 0.478 e. The topological polar surface area (TPSA) is 284 Å². The van der Waals surface area contributed by atoms with E-state index in [0.717, 1.165) is 194 Å². The number of carboxylic acid groups (broad SMARTS) is 3. The number of unbranched alkanes of at least 4 members (excludes halogenated alkanes) is 3. The quantitative estimate of drug-likeness (QED) is 0.0304. The molecule has 12 aromatic rings. The first-order valence-electron chi connectivity index (χ1n) is 43.1. The summed E-state index contributed by atoms with van der Waals surface area (Å²) in [5.41, 5.74) is 28.5. The Morgan fingerprint density at radius 3 is 0.839 bits per heavy atom. The zero-order valence-electron chi connectivity index (χ0n) is 69.9. The normalized spacial score (nSPS) is 13.1. The summed E-state index contributed by atoms with van der Waals surface area (Å²) in [6, 6.07) is 49.5. The molecule has 24 bridgehead atoms. The lowest BCUT2D eigenvalue weighted by Crippen LogP contribution is -2.01. The highest BCUT2D eigenvalue weighted by molar-refractivity contribution is 5.99. The van der Waals surface area contributed by atoms with Gasteiger partial charge in [0.15, 0.2) is 0 Å². The standard InChI is InChI=1S/C106H92N12O6/c1-7-13-16-61(10-4)98-86-39-31-70(107-86)59-72-33-41-88(109-72)101(64-19-25-67(26-20-64)104(119)120)94-55-47-82(115-94)74(78-43-51-90(98)111-78)35-37-76-80-45-53-92(113-80)100(63(12-6)18-15-9-3)93-54-46-81(114-93)77(85-50-58-97(118-85)103(96-57-49-84(76)117-96)66-23-29-69(30-24-66)106(123)124)38-36-75-79-44-52-91(112-79)99(62(11-5)17-14-8-2)87-40-32-71(108-87)60-73-34-42-89(110-73)102(95-56-48-83(75)116-95)65-21-27-68(28-22-65)105(121)122/h19-34,39-63,109-113,118H,7-18H2,1-6H3,(H,119,120)(H,121,122)(H,123,124). The van der Waals surface area contributed by atoms with Gasteiger partial charge in [-0.15, -0.1) is 0 Å². The van der Waals surface area contributed by atoms with Gasteiger partial charge in [-0.05, 0) is 267 Å². The molecule has 9 N–H and O–H groups in total. The maximum absolute atomic E-state index is 12.7. The van der Waals surface area contributed by atoms with Gasteiger partial charge in [0.25, 0.3) is 0 Å². The molecule has 0 amide bonds. The zero-order chi connectivity index (χ0) is 85.2. The SMILES string of the molecule is CCCCC(CC)c1c2nc(cc3ccc([nH]3)c(-c3ccc(C(=O)O)cc3)c3nc(c(C#Cc4c5nc(c(C(CC)CCCC)c6ccc([nH]6)c(C#Cc6c7nc(c(-c8ccc(C(=O)O)cc8)c8ccc(cc9nc(c(C(CC)CCCC)c%10ccc6[nH]%10)C=C9)[nH]8)C=C7)c6nc(c(-c7ccc(C(=O)O)cc7)c7ccc4[nH]7)C=C6)C=C5)c4ccc1[nH]4)C=C3)C=C2. The van der Waals surface area contributed by atoms with Crippen molar-refractivity contribution in [3.8, 4) is 57.1 Å². The number of aromatic amines is 6. The monoisotopic (exact) mass is 1630 g/mol. The fraction of sp³-hybridized carbons (Fsp3) is 0.198. The Labute approximate surface area is 717 Å². The molecule has 0 saturated heterocycles.